The van der Waals surface area contributed by atoms with Gasteiger partial charge in [0.05, 0.1) is 17.0 Å². The molecule has 0 unspecified atom stereocenters. The number of hydrogen-bond acceptors (Lipinski definition) is 4. The standard InChI is InChI=1S/C34H24Cl2N2O3/c1-19-10-16-27-21(18-19)13-17-28-34(24-7-3-5-9-26(24)37-33(34)41)29(32(40)23-6-2-4-8-25(23)36)30(38(27)28)31(39)20-11-14-22(35)15-12-20/h2-18,28-30H,1H3,(H,37,41)/t28-,29+,30-,34-/m0/s1. The highest BCUT2D eigenvalue weighted by Gasteiger charge is 2.70. The van der Waals surface area contributed by atoms with E-state index in [1.165, 1.54) is 0 Å². The summed E-state index contributed by atoms with van der Waals surface area (Å²) >= 11 is 12.8. The lowest BCUT2D eigenvalue weighted by Gasteiger charge is -2.37. The predicted octanol–water partition coefficient (Wildman–Crippen LogP) is 7.16. The van der Waals surface area contributed by atoms with Gasteiger partial charge in [-0.15, -0.1) is 0 Å². The van der Waals surface area contributed by atoms with E-state index in [9.17, 15) is 14.4 Å². The van der Waals surface area contributed by atoms with Crippen molar-refractivity contribution >= 4 is 58.1 Å². The van der Waals surface area contributed by atoms with E-state index in [1.807, 2.05) is 66.4 Å². The van der Waals surface area contributed by atoms with Crippen LogP contribution in [0.5, 0.6) is 0 Å². The summed E-state index contributed by atoms with van der Waals surface area (Å²) in [5.74, 6) is -2.03. The number of Topliss-reactive ketones (excluding diaryl/α,β-unsaturated/α-hetero) is 2. The quantitative estimate of drug-likeness (QED) is 0.261. The summed E-state index contributed by atoms with van der Waals surface area (Å²) in [4.78, 5) is 45.8. The zero-order valence-electron chi connectivity index (χ0n) is 22.0. The predicted molar refractivity (Wildman–Crippen MR) is 162 cm³/mol. The molecular weight excluding hydrogens is 555 g/mol. The van der Waals surface area contributed by atoms with Gasteiger partial charge in [0.1, 0.15) is 11.5 Å². The van der Waals surface area contributed by atoms with Gasteiger partial charge < -0.3 is 10.2 Å². The minimum Gasteiger partial charge on any atom is -0.352 e. The summed E-state index contributed by atoms with van der Waals surface area (Å²) in [6.45, 7) is 2.01. The van der Waals surface area contributed by atoms with Crippen molar-refractivity contribution in [1.82, 2.24) is 0 Å². The number of carbonyl (C=O) groups is 3. The zero-order chi connectivity index (χ0) is 28.5. The number of aryl methyl sites for hydroxylation is 1. The van der Waals surface area contributed by atoms with Crippen molar-refractivity contribution in [3.63, 3.8) is 0 Å². The number of amides is 1. The van der Waals surface area contributed by atoms with Gasteiger partial charge in [0, 0.05) is 27.5 Å². The fourth-order valence-electron chi connectivity index (χ4n) is 6.91. The highest BCUT2D eigenvalue weighted by atomic mass is 35.5. The molecule has 1 amide bonds. The van der Waals surface area contributed by atoms with Gasteiger partial charge in [0.25, 0.3) is 0 Å². The molecule has 4 atom stereocenters. The Morgan fingerprint density at radius 2 is 1.61 bits per heavy atom. The average Bonchev–Trinajstić information content (AvgIpc) is 3.45. The Bertz CT molecular complexity index is 1800. The summed E-state index contributed by atoms with van der Waals surface area (Å²) in [7, 11) is 0. The Morgan fingerprint density at radius 1 is 0.878 bits per heavy atom. The second kappa shape index (κ2) is 9.44. The van der Waals surface area contributed by atoms with Crippen LogP contribution in [0, 0.1) is 12.8 Å². The molecule has 3 aliphatic heterocycles. The number of nitrogens with one attached hydrogen (secondary N) is 1. The molecule has 41 heavy (non-hydrogen) atoms. The fourth-order valence-corrected chi connectivity index (χ4v) is 7.27. The Balaban J connectivity index is 1.55. The molecular formula is C34H24Cl2N2O3. The van der Waals surface area contributed by atoms with Crippen LogP contribution in [-0.4, -0.2) is 29.6 Å². The van der Waals surface area contributed by atoms with Crippen molar-refractivity contribution < 1.29 is 14.4 Å². The van der Waals surface area contributed by atoms with Crippen LogP contribution in [0.25, 0.3) is 6.08 Å². The first-order chi connectivity index (χ1) is 19.8. The molecule has 3 aliphatic rings. The minimum absolute atomic E-state index is 0.270. The molecule has 7 rings (SSSR count). The Kier molecular flexibility index (Phi) is 5.93. The smallest absolute Gasteiger partial charge is 0.238 e. The molecule has 4 aromatic rings. The fraction of sp³-hybridized carbons (Fsp3) is 0.147. The molecule has 1 N–H and O–H groups in total. The van der Waals surface area contributed by atoms with Gasteiger partial charge in [-0.2, -0.15) is 0 Å². The van der Waals surface area contributed by atoms with Crippen molar-refractivity contribution in [1.29, 1.82) is 0 Å². The molecule has 0 saturated carbocycles. The van der Waals surface area contributed by atoms with Crippen molar-refractivity contribution in [2.75, 3.05) is 10.2 Å². The summed E-state index contributed by atoms with van der Waals surface area (Å²) in [6.07, 6.45) is 3.96. The first-order valence-corrected chi connectivity index (χ1v) is 14.1. The SMILES string of the molecule is Cc1ccc2c(c1)C=C[C@@H]1N2[C@H](C(=O)c2ccc(Cl)cc2)[C@H](C(=O)c2ccccc2Cl)[C@@]12C(=O)Nc1ccccc12. The first kappa shape index (κ1) is 25.8. The molecule has 202 valence electrons. The summed E-state index contributed by atoms with van der Waals surface area (Å²) in [6, 6.07) is 25.3. The number of anilines is 2. The van der Waals surface area contributed by atoms with Gasteiger partial charge in [-0.25, -0.2) is 0 Å². The second-order valence-electron chi connectivity index (χ2n) is 10.8. The molecule has 0 aliphatic carbocycles. The third-order valence-corrected chi connectivity index (χ3v) is 9.19. The number of ketones is 2. The van der Waals surface area contributed by atoms with E-state index in [1.54, 1.807) is 48.5 Å². The van der Waals surface area contributed by atoms with E-state index in [2.05, 4.69) is 5.32 Å². The van der Waals surface area contributed by atoms with Gasteiger partial charge >= 0.3 is 0 Å². The van der Waals surface area contributed by atoms with Crippen molar-refractivity contribution in [3.8, 4) is 0 Å². The minimum atomic E-state index is -1.39. The maximum atomic E-state index is 14.8. The van der Waals surface area contributed by atoms with Gasteiger partial charge in [-0.05, 0) is 72.6 Å². The molecule has 1 spiro atoms. The lowest BCUT2D eigenvalue weighted by molar-refractivity contribution is -0.121. The molecule has 0 radical (unpaired) electrons. The second-order valence-corrected chi connectivity index (χ2v) is 11.6. The Hall–Kier alpha value is -4.19. The third-order valence-electron chi connectivity index (χ3n) is 8.61. The molecule has 1 saturated heterocycles. The zero-order valence-corrected chi connectivity index (χ0v) is 23.5. The highest BCUT2D eigenvalue weighted by Crippen LogP contribution is 2.58. The number of carbonyl (C=O) groups excluding carboxylic acids is 3. The van der Waals surface area contributed by atoms with E-state index in [0.29, 0.717) is 21.8 Å². The normalized spacial score (nSPS) is 23.6. The summed E-state index contributed by atoms with van der Waals surface area (Å²) in [5, 5.41) is 3.81. The van der Waals surface area contributed by atoms with Crippen LogP contribution in [0.4, 0.5) is 11.4 Å². The van der Waals surface area contributed by atoms with Crippen molar-refractivity contribution in [3.05, 3.63) is 135 Å². The number of fused-ring (bicyclic) bond motifs is 6. The summed E-state index contributed by atoms with van der Waals surface area (Å²) < 4.78 is 0. The molecule has 0 bridgehead atoms. The van der Waals surface area contributed by atoms with Crippen LogP contribution in [-0.2, 0) is 10.2 Å². The van der Waals surface area contributed by atoms with E-state index in [0.717, 1.165) is 16.8 Å². The van der Waals surface area contributed by atoms with Gasteiger partial charge in [-0.1, -0.05) is 77.3 Å². The van der Waals surface area contributed by atoms with Gasteiger partial charge in [0.15, 0.2) is 11.6 Å². The van der Waals surface area contributed by atoms with Crippen LogP contribution in [0.3, 0.4) is 0 Å². The lowest BCUT2D eigenvalue weighted by atomic mass is 9.64. The first-order valence-electron chi connectivity index (χ1n) is 13.4. The molecule has 1 fully saturated rings. The number of hydrogen-bond donors (Lipinski definition) is 1. The molecule has 5 nitrogen and oxygen atoms in total. The maximum absolute atomic E-state index is 14.8. The molecule has 3 heterocycles. The Morgan fingerprint density at radius 3 is 2.39 bits per heavy atom. The van der Waals surface area contributed by atoms with E-state index in [-0.39, 0.29) is 28.1 Å². The topological polar surface area (TPSA) is 66.5 Å². The van der Waals surface area contributed by atoms with Crippen molar-refractivity contribution in [2.24, 2.45) is 5.92 Å². The number of benzene rings is 4. The molecule has 7 heteroatoms. The molecule has 0 aromatic heterocycles. The van der Waals surface area contributed by atoms with E-state index < -0.39 is 23.4 Å². The van der Waals surface area contributed by atoms with E-state index in [4.69, 9.17) is 23.2 Å². The van der Waals surface area contributed by atoms with Crippen molar-refractivity contribution in [2.45, 2.75) is 24.4 Å². The largest absolute Gasteiger partial charge is 0.352 e. The number of rotatable bonds is 4. The maximum Gasteiger partial charge on any atom is 0.238 e. The number of para-hydroxylation sites is 1. The Labute approximate surface area is 247 Å². The number of nitrogens with zero attached hydrogens (tertiary/aromatic N) is 1. The lowest BCUT2D eigenvalue weighted by Crippen LogP contribution is -2.51. The average molecular weight is 579 g/mol. The molecule has 4 aromatic carbocycles. The van der Waals surface area contributed by atoms with Crippen LogP contribution in [0.1, 0.15) is 37.4 Å². The van der Waals surface area contributed by atoms with Crippen LogP contribution < -0.4 is 10.2 Å². The highest BCUT2D eigenvalue weighted by molar-refractivity contribution is 6.34. The van der Waals surface area contributed by atoms with Gasteiger partial charge in [0.2, 0.25) is 5.91 Å². The van der Waals surface area contributed by atoms with Gasteiger partial charge in [-0.3, -0.25) is 14.4 Å². The third kappa shape index (κ3) is 3.66. The summed E-state index contributed by atoms with van der Waals surface area (Å²) in [5.41, 5.74) is 3.39. The van der Waals surface area contributed by atoms with Crippen LogP contribution >= 0.6 is 23.2 Å². The number of halogens is 2. The van der Waals surface area contributed by atoms with Crippen LogP contribution in [0.2, 0.25) is 10.0 Å². The van der Waals surface area contributed by atoms with Crippen LogP contribution in [0.15, 0.2) is 97.1 Å². The van der Waals surface area contributed by atoms with E-state index >= 15 is 0 Å². The monoisotopic (exact) mass is 578 g/mol.